The van der Waals surface area contributed by atoms with Gasteiger partial charge in [0, 0.05) is 18.8 Å². The number of rotatable bonds is 6. The zero-order valence-corrected chi connectivity index (χ0v) is 13.6. The molecule has 0 aliphatic carbocycles. The summed E-state index contributed by atoms with van der Waals surface area (Å²) in [6, 6.07) is -0.0617. The van der Waals surface area contributed by atoms with E-state index in [0.717, 1.165) is 25.5 Å². The van der Waals surface area contributed by atoms with Crippen molar-refractivity contribution >= 4 is 32.3 Å². The van der Waals surface area contributed by atoms with Crippen LogP contribution in [0.25, 0.3) is 0 Å². The molecular formula is C10H23ClN2O4S2. The Balaban J connectivity index is 0.00000324. The van der Waals surface area contributed by atoms with E-state index in [-0.39, 0.29) is 30.0 Å². The van der Waals surface area contributed by atoms with Crippen molar-refractivity contribution in [1.82, 2.24) is 4.31 Å². The van der Waals surface area contributed by atoms with Crippen molar-refractivity contribution in [1.29, 1.82) is 0 Å². The molecule has 9 heteroatoms. The molecule has 1 rings (SSSR count). The SMILES string of the molecule is CS(=O)(=O)CCS(=O)(=O)N1CCCCC1CCN.Cl. The number of hydrogen-bond donors (Lipinski definition) is 1. The van der Waals surface area contributed by atoms with Gasteiger partial charge in [-0.1, -0.05) is 6.42 Å². The van der Waals surface area contributed by atoms with Crippen LogP contribution in [0.4, 0.5) is 0 Å². The first kappa shape index (κ1) is 19.1. The topological polar surface area (TPSA) is 97.5 Å². The quantitative estimate of drug-likeness (QED) is 0.736. The van der Waals surface area contributed by atoms with Gasteiger partial charge in [0.2, 0.25) is 10.0 Å². The fraction of sp³-hybridized carbons (Fsp3) is 1.00. The summed E-state index contributed by atoms with van der Waals surface area (Å²) in [7, 11) is -6.75. The Morgan fingerprint density at radius 1 is 1.16 bits per heavy atom. The highest BCUT2D eigenvalue weighted by atomic mass is 35.5. The van der Waals surface area contributed by atoms with Gasteiger partial charge in [0.1, 0.15) is 9.84 Å². The monoisotopic (exact) mass is 334 g/mol. The maximum atomic E-state index is 12.1. The molecule has 116 valence electrons. The van der Waals surface area contributed by atoms with E-state index in [1.54, 1.807) is 0 Å². The number of sulfone groups is 1. The number of halogens is 1. The average Bonchev–Trinajstić information content (AvgIpc) is 2.27. The van der Waals surface area contributed by atoms with Gasteiger partial charge in [-0.05, 0) is 25.8 Å². The number of piperidine rings is 1. The highest BCUT2D eigenvalue weighted by molar-refractivity contribution is 7.93. The fourth-order valence-corrected chi connectivity index (χ4v) is 5.56. The molecule has 0 amide bonds. The average molecular weight is 335 g/mol. The molecule has 0 spiro atoms. The largest absolute Gasteiger partial charge is 0.330 e. The minimum atomic E-state index is -3.49. The van der Waals surface area contributed by atoms with Crippen LogP contribution in [0.5, 0.6) is 0 Å². The van der Waals surface area contributed by atoms with Crippen molar-refractivity contribution in [3.8, 4) is 0 Å². The van der Waals surface area contributed by atoms with Gasteiger partial charge < -0.3 is 5.73 Å². The molecule has 1 aliphatic rings. The van der Waals surface area contributed by atoms with E-state index in [2.05, 4.69) is 0 Å². The van der Waals surface area contributed by atoms with Gasteiger partial charge in [0.15, 0.2) is 0 Å². The van der Waals surface area contributed by atoms with Crippen LogP contribution in [0.3, 0.4) is 0 Å². The van der Waals surface area contributed by atoms with Gasteiger partial charge in [0.05, 0.1) is 11.5 Å². The molecule has 1 aliphatic heterocycles. The van der Waals surface area contributed by atoms with E-state index < -0.39 is 19.9 Å². The van der Waals surface area contributed by atoms with Crippen molar-refractivity contribution < 1.29 is 16.8 Å². The third kappa shape index (κ3) is 6.40. The molecule has 1 unspecified atom stereocenters. The van der Waals surface area contributed by atoms with Crippen molar-refractivity contribution in [3.63, 3.8) is 0 Å². The third-order valence-corrected chi connectivity index (χ3v) is 6.26. The predicted octanol–water partition coefficient (Wildman–Crippen LogP) is -0.0141. The van der Waals surface area contributed by atoms with Crippen LogP contribution in [0.15, 0.2) is 0 Å². The number of hydrogen-bond acceptors (Lipinski definition) is 5. The molecular weight excluding hydrogens is 312 g/mol. The van der Waals surface area contributed by atoms with Crippen molar-refractivity contribution in [2.24, 2.45) is 5.73 Å². The highest BCUT2D eigenvalue weighted by Crippen LogP contribution is 2.22. The molecule has 0 saturated carbocycles. The number of nitrogens with zero attached hydrogens (tertiary/aromatic N) is 1. The van der Waals surface area contributed by atoms with Gasteiger partial charge in [0.25, 0.3) is 0 Å². The Morgan fingerprint density at radius 2 is 1.79 bits per heavy atom. The predicted molar refractivity (Wildman–Crippen MR) is 78.8 cm³/mol. The van der Waals surface area contributed by atoms with Gasteiger partial charge in [-0.3, -0.25) is 0 Å². The summed E-state index contributed by atoms with van der Waals surface area (Å²) in [5, 5.41) is 0. The second kappa shape index (κ2) is 7.78. The first-order valence-electron chi connectivity index (χ1n) is 6.13. The van der Waals surface area contributed by atoms with Gasteiger partial charge in [-0.15, -0.1) is 12.4 Å². The summed E-state index contributed by atoms with van der Waals surface area (Å²) in [5.41, 5.74) is 5.49. The summed E-state index contributed by atoms with van der Waals surface area (Å²) in [5.74, 6) is -0.645. The Bertz CT molecular complexity index is 462. The standard InChI is InChI=1S/C10H22N2O4S2.ClH/c1-17(13,14)8-9-18(15,16)12-7-3-2-4-10(12)5-6-11;/h10H,2-9,11H2,1H3;1H. The minimum absolute atomic E-state index is 0. The second-order valence-corrected chi connectivity index (χ2v) is 9.08. The molecule has 1 heterocycles. The first-order chi connectivity index (χ1) is 8.26. The highest BCUT2D eigenvalue weighted by Gasteiger charge is 2.31. The van der Waals surface area contributed by atoms with Gasteiger partial charge >= 0.3 is 0 Å². The van der Waals surface area contributed by atoms with E-state index >= 15 is 0 Å². The summed E-state index contributed by atoms with van der Waals surface area (Å²) >= 11 is 0. The zero-order chi connectivity index (χ0) is 13.8. The van der Waals surface area contributed by atoms with Crippen LogP contribution in [0, 0.1) is 0 Å². The van der Waals surface area contributed by atoms with Gasteiger partial charge in [-0.2, -0.15) is 4.31 Å². The van der Waals surface area contributed by atoms with Crippen molar-refractivity contribution in [2.75, 3.05) is 30.9 Å². The first-order valence-corrected chi connectivity index (χ1v) is 9.80. The summed E-state index contributed by atoms with van der Waals surface area (Å²) in [6.07, 6.45) is 4.34. The normalized spacial score (nSPS) is 21.9. The summed E-state index contributed by atoms with van der Waals surface area (Å²) in [6.45, 7) is 0.930. The summed E-state index contributed by atoms with van der Waals surface area (Å²) < 4.78 is 47.9. The molecule has 19 heavy (non-hydrogen) atoms. The fourth-order valence-electron chi connectivity index (χ4n) is 2.20. The Morgan fingerprint density at radius 3 is 2.32 bits per heavy atom. The molecule has 1 saturated heterocycles. The van der Waals surface area contributed by atoms with Crippen LogP contribution in [0.1, 0.15) is 25.7 Å². The maximum absolute atomic E-state index is 12.1. The van der Waals surface area contributed by atoms with Crippen molar-refractivity contribution in [2.45, 2.75) is 31.7 Å². The lowest BCUT2D eigenvalue weighted by atomic mass is 10.0. The van der Waals surface area contributed by atoms with E-state index in [1.807, 2.05) is 0 Å². The van der Waals surface area contributed by atoms with Crippen LogP contribution < -0.4 is 5.73 Å². The molecule has 1 fully saturated rings. The Hall–Kier alpha value is 0.110. The number of nitrogens with two attached hydrogens (primary N) is 1. The zero-order valence-electron chi connectivity index (χ0n) is 11.1. The Labute approximate surface area is 122 Å². The van der Waals surface area contributed by atoms with Gasteiger partial charge in [-0.25, -0.2) is 16.8 Å². The van der Waals surface area contributed by atoms with Crippen LogP contribution in [-0.4, -0.2) is 58.0 Å². The maximum Gasteiger partial charge on any atom is 0.215 e. The van der Waals surface area contributed by atoms with E-state index in [0.29, 0.717) is 19.5 Å². The molecule has 6 nitrogen and oxygen atoms in total. The molecule has 0 aromatic carbocycles. The lowest BCUT2D eigenvalue weighted by Crippen LogP contribution is -2.46. The van der Waals surface area contributed by atoms with E-state index in [1.165, 1.54) is 4.31 Å². The molecule has 0 aromatic rings. The molecule has 0 aromatic heterocycles. The van der Waals surface area contributed by atoms with Crippen LogP contribution in [0.2, 0.25) is 0 Å². The minimum Gasteiger partial charge on any atom is -0.330 e. The third-order valence-electron chi connectivity index (χ3n) is 3.14. The lowest BCUT2D eigenvalue weighted by molar-refractivity contribution is 0.243. The smallest absolute Gasteiger partial charge is 0.215 e. The molecule has 2 N–H and O–H groups in total. The van der Waals surface area contributed by atoms with Crippen molar-refractivity contribution in [3.05, 3.63) is 0 Å². The van der Waals surface area contributed by atoms with E-state index in [4.69, 9.17) is 5.73 Å². The van der Waals surface area contributed by atoms with E-state index in [9.17, 15) is 16.8 Å². The molecule has 0 bridgehead atoms. The number of sulfonamides is 1. The molecule has 1 atom stereocenters. The van der Waals surface area contributed by atoms with Crippen LogP contribution in [-0.2, 0) is 19.9 Å². The van der Waals surface area contributed by atoms with Crippen LogP contribution >= 0.6 is 12.4 Å². The lowest BCUT2D eigenvalue weighted by Gasteiger charge is -2.34. The Kier molecular flexibility index (Phi) is 7.82. The second-order valence-electron chi connectivity index (χ2n) is 4.78. The summed E-state index contributed by atoms with van der Waals surface area (Å²) in [4.78, 5) is 0. The molecule has 0 radical (unpaired) electrons.